The highest BCUT2D eigenvalue weighted by atomic mass is 32.2. The third kappa shape index (κ3) is 13.1. The first-order valence-corrected chi connectivity index (χ1v) is 16.0. The predicted molar refractivity (Wildman–Crippen MR) is 176 cm³/mol. The SMILES string of the molecule is COC(CCOc1ccccc1)C(C(C)=O)C(=O)Nc1ccccc1S(=O)(=O)OC.COC(CCOc1ccccc1)CC(C)=O.[HH]. The number of ether oxygens (including phenoxy) is 4. The summed E-state index contributed by atoms with van der Waals surface area (Å²) >= 11 is 0. The minimum atomic E-state index is -4.04. The number of benzene rings is 3. The summed E-state index contributed by atoms with van der Waals surface area (Å²) in [5, 5.41) is 2.52. The average Bonchev–Trinajstić information content (AvgIpc) is 3.04. The van der Waals surface area contributed by atoms with Crippen LogP contribution in [0.5, 0.6) is 11.5 Å². The minimum Gasteiger partial charge on any atom is -0.493 e. The summed E-state index contributed by atoms with van der Waals surface area (Å²) in [6, 6.07) is 24.5. The number of anilines is 1. The van der Waals surface area contributed by atoms with Crippen LogP contribution in [0.3, 0.4) is 0 Å². The van der Waals surface area contributed by atoms with Gasteiger partial charge in [-0.1, -0.05) is 48.5 Å². The van der Waals surface area contributed by atoms with Gasteiger partial charge in [0.25, 0.3) is 10.1 Å². The third-order valence-corrected chi connectivity index (χ3v) is 8.08. The van der Waals surface area contributed by atoms with Gasteiger partial charge in [-0.2, -0.15) is 8.42 Å². The van der Waals surface area contributed by atoms with E-state index in [0.29, 0.717) is 18.8 Å². The molecule has 0 aliphatic heterocycles. The standard InChI is InChI=1S/C21H25NO7S.C13H18O3.H2/c1-15(23)20(18(27-2)13-14-29-16-9-5-4-6-10-16)21(24)22-17-11-7-8-12-19(17)30(25,26)28-3;1-11(14)10-13(15-2)8-9-16-12-6-4-3-5-7-12;/h4-12,18,20H,13-14H2,1-3H3,(H,22,24);3-7,13H,8-10H2,1-2H3;1H. The Morgan fingerprint density at radius 1 is 0.739 bits per heavy atom. The van der Waals surface area contributed by atoms with E-state index in [-0.39, 0.29) is 36.9 Å². The number of rotatable bonds is 18. The lowest BCUT2D eigenvalue weighted by Crippen LogP contribution is -2.39. The Hall–Kier alpha value is -4.10. The van der Waals surface area contributed by atoms with Crippen molar-refractivity contribution in [1.82, 2.24) is 0 Å². The second-order valence-corrected chi connectivity index (χ2v) is 11.8. The van der Waals surface area contributed by atoms with Gasteiger partial charge in [0, 0.05) is 34.9 Å². The Kier molecular flexibility index (Phi) is 16.7. The van der Waals surface area contributed by atoms with Gasteiger partial charge in [-0.25, -0.2) is 0 Å². The van der Waals surface area contributed by atoms with Crippen molar-refractivity contribution >= 4 is 33.3 Å². The Bertz CT molecular complexity index is 1470. The summed E-state index contributed by atoms with van der Waals surface area (Å²) < 4.78 is 50.5. The Morgan fingerprint density at radius 2 is 1.26 bits per heavy atom. The molecule has 1 amide bonds. The number of nitrogens with one attached hydrogen (secondary N) is 1. The lowest BCUT2D eigenvalue weighted by Gasteiger charge is -2.24. The average molecular weight is 660 g/mol. The molecule has 0 aliphatic carbocycles. The van der Waals surface area contributed by atoms with Crippen molar-refractivity contribution in [2.45, 2.75) is 50.2 Å². The van der Waals surface area contributed by atoms with Crippen LogP contribution >= 0.6 is 0 Å². The van der Waals surface area contributed by atoms with E-state index in [1.807, 2.05) is 48.5 Å². The van der Waals surface area contributed by atoms with Crippen LogP contribution < -0.4 is 14.8 Å². The number of amides is 1. The highest BCUT2D eigenvalue weighted by molar-refractivity contribution is 7.87. The Balaban J connectivity index is 0.000000550. The van der Waals surface area contributed by atoms with Crippen LogP contribution in [0.2, 0.25) is 0 Å². The van der Waals surface area contributed by atoms with Gasteiger partial charge < -0.3 is 24.3 Å². The fourth-order valence-corrected chi connectivity index (χ4v) is 5.20. The van der Waals surface area contributed by atoms with E-state index in [2.05, 4.69) is 9.50 Å². The van der Waals surface area contributed by atoms with Gasteiger partial charge in [-0.05, 0) is 50.2 Å². The maximum atomic E-state index is 12.9. The monoisotopic (exact) mass is 659 g/mol. The van der Waals surface area contributed by atoms with E-state index in [9.17, 15) is 22.8 Å². The van der Waals surface area contributed by atoms with Crippen molar-refractivity contribution in [3.05, 3.63) is 84.9 Å². The minimum absolute atomic E-state index is 0. The van der Waals surface area contributed by atoms with Crippen LogP contribution in [0.4, 0.5) is 5.69 Å². The molecule has 0 saturated carbocycles. The molecule has 0 heterocycles. The van der Waals surface area contributed by atoms with E-state index in [0.717, 1.165) is 19.3 Å². The van der Waals surface area contributed by atoms with Gasteiger partial charge in [0.05, 0.1) is 38.2 Å². The first-order valence-electron chi connectivity index (χ1n) is 14.6. The molecule has 11 nitrogen and oxygen atoms in total. The largest absolute Gasteiger partial charge is 0.493 e. The maximum absolute atomic E-state index is 12.9. The summed E-state index contributed by atoms with van der Waals surface area (Å²) in [4.78, 5) is 35.8. The molecule has 0 aromatic heterocycles. The number of ketones is 2. The fraction of sp³-hybridized carbons (Fsp3) is 0.382. The number of carbonyl (C=O) groups excluding carboxylic acids is 3. The summed E-state index contributed by atoms with van der Waals surface area (Å²) in [6.07, 6.45) is 0.666. The first-order chi connectivity index (χ1) is 22.0. The molecule has 46 heavy (non-hydrogen) atoms. The normalized spacial score (nSPS) is 12.9. The van der Waals surface area contributed by atoms with E-state index < -0.39 is 33.8 Å². The molecule has 0 saturated heterocycles. The van der Waals surface area contributed by atoms with Gasteiger partial charge in [0.1, 0.15) is 33.9 Å². The van der Waals surface area contributed by atoms with Crippen LogP contribution in [0.25, 0.3) is 0 Å². The molecule has 0 aliphatic rings. The van der Waals surface area contributed by atoms with Gasteiger partial charge in [-0.3, -0.25) is 18.6 Å². The van der Waals surface area contributed by atoms with Crippen LogP contribution in [0.1, 0.15) is 34.5 Å². The van der Waals surface area contributed by atoms with Crippen molar-refractivity contribution in [3.8, 4) is 11.5 Å². The van der Waals surface area contributed by atoms with E-state index in [1.54, 1.807) is 32.2 Å². The topological polar surface area (TPSA) is 144 Å². The summed E-state index contributed by atoms with van der Waals surface area (Å²) in [7, 11) is 0.00950. The molecule has 12 heteroatoms. The molecule has 3 atom stereocenters. The van der Waals surface area contributed by atoms with Gasteiger partial charge in [0.2, 0.25) is 5.91 Å². The molecule has 3 aromatic carbocycles. The zero-order valence-corrected chi connectivity index (χ0v) is 27.7. The molecule has 3 rings (SSSR count). The van der Waals surface area contributed by atoms with Crippen LogP contribution in [-0.2, 0) is 38.2 Å². The van der Waals surface area contributed by atoms with E-state index in [4.69, 9.17) is 18.9 Å². The number of carbonyl (C=O) groups is 3. The van der Waals surface area contributed by atoms with Crippen LogP contribution in [-0.4, -0.2) is 72.6 Å². The fourth-order valence-electron chi connectivity index (χ4n) is 4.38. The zero-order valence-electron chi connectivity index (χ0n) is 26.8. The summed E-state index contributed by atoms with van der Waals surface area (Å²) in [6.45, 7) is 3.65. The molecule has 0 fully saturated rings. The second-order valence-electron chi connectivity index (χ2n) is 10.1. The van der Waals surface area contributed by atoms with Crippen molar-refractivity contribution in [3.63, 3.8) is 0 Å². The Morgan fingerprint density at radius 3 is 1.74 bits per heavy atom. The maximum Gasteiger partial charge on any atom is 0.298 e. The molecule has 252 valence electrons. The molecular formula is C34H45NO10S. The lowest BCUT2D eigenvalue weighted by molar-refractivity contribution is -0.136. The number of methoxy groups -OCH3 is 2. The highest BCUT2D eigenvalue weighted by Crippen LogP contribution is 2.24. The summed E-state index contributed by atoms with van der Waals surface area (Å²) in [5.41, 5.74) is 0.0194. The predicted octanol–water partition coefficient (Wildman–Crippen LogP) is 5.35. The van der Waals surface area contributed by atoms with Crippen molar-refractivity contribution < 1.29 is 47.4 Å². The van der Waals surface area contributed by atoms with Gasteiger partial charge in [-0.15, -0.1) is 0 Å². The van der Waals surface area contributed by atoms with Crippen molar-refractivity contribution in [1.29, 1.82) is 0 Å². The number of Topliss-reactive ketones (excluding diaryl/α,β-unsaturated/α-hetero) is 2. The first kappa shape index (κ1) is 38.1. The molecular weight excluding hydrogens is 614 g/mol. The van der Waals surface area contributed by atoms with E-state index in [1.165, 1.54) is 32.2 Å². The second kappa shape index (κ2) is 20.1. The number of hydrogen-bond donors (Lipinski definition) is 1. The van der Waals surface area contributed by atoms with Crippen molar-refractivity contribution in [2.24, 2.45) is 5.92 Å². The molecule has 0 bridgehead atoms. The third-order valence-electron chi connectivity index (χ3n) is 6.74. The molecule has 1 N–H and O–H groups in total. The van der Waals surface area contributed by atoms with Gasteiger partial charge in [0.15, 0.2) is 0 Å². The van der Waals surface area contributed by atoms with Crippen LogP contribution in [0, 0.1) is 5.92 Å². The molecule has 3 unspecified atom stereocenters. The lowest BCUT2D eigenvalue weighted by atomic mass is 9.94. The quantitative estimate of drug-likeness (QED) is 0.140. The highest BCUT2D eigenvalue weighted by Gasteiger charge is 2.33. The number of para-hydroxylation sites is 3. The van der Waals surface area contributed by atoms with E-state index >= 15 is 0 Å². The van der Waals surface area contributed by atoms with Crippen molar-refractivity contribution in [2.75, 3.05) is 39.9 Å². The number of hydrogen-bond acceptors (Lipinski definition) is 10. The van der Waals surface area contributed by atoms with Gasteiger partial charge >= 0.3 is 0 Å². The zero-order chi connectivity index (χ0) is 34.0. The van der Waals surface area contributed by atoms with Crippen LogP contribution in [0.15, 0.2) is 89.8 Å². The smallest absolute Gasteiger partial charge is 0.298 e. The molecule has 0 radical (unpaired) electrons. The Labute approximate surface area is 272 Å². The summed E-state index contributed by atoms with van der Waals surface area (Å²) in [5.74, 6) is -0.576. The molecule has 3 aromatic rings. The molecule has 0 spiro atoms.